The van der Waals surface area contributed by atoms with Crippen LogP contribution in [0.1, 0.15) is 32.0 Å². The molecule has 0 aliphatic rings. The summed E-state index contributed by atoms with van der Waals surface area (Å²) in [5.41, 5.74) is 3.18. The summed E-state index contributed by atoms with van der Waals surface area (Å²) < 4.78 is 2.09. The SMILES string of the molecule is Cc1ccc2ncc(CNCC(O)C(C)(C)C)n2c1. The zero-order chi connectivity index (χ0) is 14.0. The second kappa shape index (κ2) is 5.31. The number of hydrogen-bond donors (Lipinski definition) is 2. The quantitative estimate of drug-likeness (QED) is 0.886. The number of aliphatic hydroxyl groups excluding tert-OH is 1. The van der Waals surface area contributed by atoms with Crippen molar-refractivity contribution in [1.82, 2.24) is 14.7 Å². The lowest BCUT2D eigenvalue weighted by atomic mass is 9.89. The van der Waals surface area contributed by atoms with Crippen molar-refractivity contribution in [3.63, 3.8) is 0 Å². The van der Waals surface area contributed by atoms with Gasteiger partial charge in [-0.1, -0.05) is 26.8 Å². The first-order valence-corrected chi connectivity index (χ1v) is 6.69. The molecule has 0 bridgehead atoms. The third kappa shape index (κ3) is 3.33. The van der Waals surface area contributed by atoms with Gasteiger partial charge in [0.05, 0.1) is 18.0 Å². The summed E-state index contributed by atoms with van der Waals surface area (Å²) in [4.78, 5) is 4.37. The summed E-state index contributed by atoms with van der Waals surface area (Å²) in [6.45, 7) is 9.48. The van der Waals surface area contributed by atoms with Crippen LogP contribution in [0.5, 0.6) is 0 Å². The van der Waals surface area contributed by atoms with Crippen LogP contribution in [0.15, 0.2) is 24.5 Å². The zero-order valence-electron chi connectivity index (χ0n) is 12.1. The van der Waals surface area contributed by atoms with E-state index in [2.05, 4.69) is 33.9 Å². The summed E-state index contributed by atoms with van der Waals surface area (Å²) in [6.07, 6.45) is 3.61. The van der Waals surface area contributed by atoms with Gasteiger partial charge in [-0.3, -0.25) is 0 Å². The molecule has 2 N–H and O–H groups in total. The molecule has 2 rings (SSSR count). The number of pyridine rings is 1. The lowest BCUT2D eigenvalue weighted by Gasteiger charge is -2.25. The lowest BCUT2D eigenvalue weighted by Crippen LogP contribution is -2.36. The molecule has 2 aromatic heterocycles. The van der Waals surface area contributed by atoms with Crippen LogP contribution in [-0.2, 0) is 6.54 Å². The average molecular weight is 261 g/mol. The van der Waals surface area contributed by atoms with Crippen molar-refractivity contribution in [1.29, 1.82) is 0 Å². The van der Waals surface area contributed by atoms with Gasteiger partial charge in [-0.25, -0.2) is 4.98 Å². The highest BCUT2D eigenvalue weighted by atomic mass is 16.3. The van der Waals surface area contributed by atoms with E-state index in [9.17, 15) is 5.11 Å². The van der Waals surface area contributed by atoms with Gasteiger partial charge in [0.15, 0.2) is 0 Å². The highest BCUT2D eigenvalue weighted by molar-refractivity contribution is 5.41. The minimum absolute atomic E-state index is 0.0942. The van der Waals surface area contributed by atoms with E-state index in [-0.39, 0.29) is 11.5 Å². The van der Waals surface area contributed by atoms with Crippen molar-refractivity contribution in [2.45, 2.75) is 40.3 Å². The van der Waals surface area contributed by atoms with E-state index in [1.165, 1.54) is 5.56 Å². The molecule has 2 aromatic rings. The average Bonchev–Trinajstić information content (AvgIpc) is 2.70. The first-order chi connectivity index (χ1) is 8.88. The van der Waals surface area contributed by atoms with Gasteiger partial charge in [0.1, 0.15) is 5.65 Å². The van der Waals surface area contributed by atoms with Gasteiger partial charge >= 0.3 is 0 Å². The van der Waals surface area contributed by atoms with E-state index in [1.807, 2.05) is 33.0 Å². The molecule has 4 heteroatoms. The van der Waals surface area contributed by atoms with Crippen LogP contribution < -0.4 is 5.32 Å². The molecule has 0 spiro atoms. The number of hydrogen-bond acceptors (Lipinski definition) is 3. The van der Waals surface area contributed by atoms with Gasteiger partial charge in [-0.2, -0.15) is 0 Å². The predicted molar refractivity (Wildman–Crippen MR) is 77.1 cm³/mol. The van der Waals surface area contributed by atoms with E-state index in [4.69, 9.17) is 0 Å². The number of imidazole rings is 1. The Bertz CT molecular complexity index is 554. The van der Waals surface area contributed by atoms with E-state index in [1.54, 1.807) is 0 Å². The Morgan fingerprint density at radius 3 is 2.79 bits per heavy atom. The largest absolute Gasteiger partial charge is 0.391 e. The fourth-order valence-corrected chi connectivity index (χ4v) is 1.91. The number of nitrogens with one attached hydrogen (secondary N) is 1. The molecule has 1 atom stereocenters. The Morgan fingerprint density at radius 2 is 2.11 bits per heavy atom. The van der Waals surface area contributed by atoms with Crippen LogP contribution in [0.4, 0.5) is 0 Å². The van der Waals surface area contributed by atoms with Gasteiger partial charge < -0.3 is 14.8 Å². The molecule has 104 valence electrons. The third-order valence-corrected chi connectivity index (χ3v) is 3.37. The van der Waals surface area contributed by atoms with Crippen LogP contribution in [0.2, 0.25) is 0 Å². The Balaban J connectivity index is 2.01. The van der Waals surface area contributed by atoms with Gasteiger partial charge in [0.2, 0.25) is 0 Å². The lowest BCUT2D eigenvalue weighted by molar-refractivity contribution is 0.0627. The molecule has 0 saturated carbocycles. The van der Waals surface area contributed by atoms with E-state index < -0.39 is 0 Å². The second-order valence-electron chi connectivity index (χ2n) is 6.20. The standard InChI is InChI=1S/C15H23N3O/c1-11-5-6-14-17-8-12(18(14)10-11)7-16-9-13(19)15(2,3)4/h5-6,8,10,13,16,19H,7,9H2,1-4H3. The van der Waals surface area contributed by atoms with Crippen LogP contribution in [0.3, 0.4) is 0 Å². The van der Waals surface area contributed by atoms with Crippen LogP contribution >= 0.6 is 0 Å². The Kier molecular flexibility index (Phi) is 3.92. The molecule has 0 aromatic carbocycles. The van der Waals surface area contributed by atoms with Crippen LogP contribution in [0.25, 0.3) is 5.65 Å². The van der Waals surface area contributed by atoms with Crippen molar-refractivity contribution in [3.8, 4) is 0 Å². The van der Waals surface area contributed by atoms with Gasteiger partial charge in [-0.15, -0.1) is 0 Å². The Labute approximate surface area is 114 Å². The normalized spacial score (nSPS) is 13.9. The highest BCUT2D eigenvalue weighted by Crippen LogP contribution is 2.18. The van der Waals surface area contributed by atoms with Crippen molar-refractivity contribution in [3.05, 3.63) is 35.8 Å². The van der Waals surface area contributed by atoms with Gasteiger partial charge in [0, 0.05) is 19.3 Å². The zero-order valence-corrected chi connectivity index (χ0v) is 12.1. The molecule has 0 aliphatic heterocycles. The fraction of sp³-hybridized carbons (Fsp3) is 0.533. The van der Waals surface area contributed by atoms with Crippen molar-refractivity contribution in [2.24, 2.45) is 5.41 Å². The van der Waals surface area contributed by atoms with Crippen LogP contribution in [0, 0.1) is 12.3 Å². The topological polar surface area (TPSA) is 49.6 Å². The molecule has 4 nitrogen and oxygen atoms in total. The molecule has 2 heterocycles. The number of fused-ring (bicyclic) bond motifs is 1. The smallest absolute Gasteiger partial charge is 0.136 e. The maximum atomic E-state index is 9.99. The summed E-state index contributed by atoms with van der Waals surface area (Å²) in [5, 5.41) is 13.3. The Morgan fingerprint density at radius 1 is 1.37 bits per heavy atom. The minimum atomic E-state index is -0.353. The summed E-state index contributed by atoms with van der Waals surface area (Å²) in [7, 11) is 0. The highest BCUT2D eigenvalue weighted by Gasteiger charge is 2.21. The van der Waals surface area contributed by atoms with E-state index >= 15 is 0 Å². The number of rotatable bonds is 4. The molecule has 19 heavy (non-hydrogen) atoms. The molecular formula is C15H23N3O. The monoisotopic (exact) mass is 261 g/mol. The molecular weight excluding hydrogens is 238 g/mol. The summed E-state index contributed by atoms with van der Waals surface area (Å²) in [6, 6.07) is 4.08. The minimum Gasteiger partial charge on any atom is -0.391 e. The molecule has 0 fully saturated rings. The number of aryl methyl sites for hydroxylation is 1. The van der Waals surface area contributed by atoms with Crippen LogP contribution in [-0.4, -0.2) is 27.1 Å². The maximum absolute atomic E-state index is 9.99. The first kappa shape index (κ1) is 14.0. The third-order valence-electron chi connectivity index (χ3n) is 3.37. The Hall–Kier alpha value is -1.39. The fourth-order valence-electron chi connectivity index (χ4n) is 1.91. The summed E-state index contributed by atoms with van der Waals surface area (Å²) >= 11 is 0. The molecule has 0 amide bonds. The number of nitrogens with zero attached hydrogens (tertiary/aromatic N) is 2. The molecule has 1 unspecified atom stereocenters. The number of aliphatic hydroxyl groups is 1. The van der Waals surface area contributed by atoms with E-state index in [0.717, 1.165) is 11.3 Å². The maximum Gasteiger partial charge on any atom is 0.136 e. The van der Waals surface area contributed by atoms with E-state index in [0.29, 0.717) is 13.1 Å². The molecule has 0 saturated heterocycles. The number of aromatic nitrogens is 2. The molecule has 0 aliphatic carbocycles. The second-order valence-corrected chi connectivity index (χ2v) is 6.20. The van der Waals surface area contributed by atoms with Crippen molar-refractivity contribution >= 4 is 5.65 Å². The first-order valence-electron chi connectivity index (χ1n) is 6.69. The summed E-state index contributed by atoms with van der Waals surface area (Å²) in [5.74, 6) is 0. The van der Waals surface area contributed by atoms with Gasteiger partial charge in [0.25, 0.3) is 0 Å². The van der Waals surface area contributed by atoms with Crippen molar-refractivity contribution < 1.29 is 5.11 Å². The van der Waals surface area contributed by atoms with Crippen molar-refractivity contribution in [2.75, 3.05) is 6.54 Å². The molecule has 0 radical (unpaired) electrons. The van der Waals surface area contributed by atoms with Gasteiger partial charge in [-0.05, 0) is 24.0 Å². The predicted octanol–water partition coefficient (Wildman–Crippen LogP) is 2.14.